The topological polar surface area (TPSA) is 61.0 Å². The second kappa shape index (κ2) is 4.77. The Morgan fingerprint density at radius 3 is 2.65 bits per heavy atom. The molecule has 0 aliphatic carbocycles. The highest BCUT2D eigenvalue weighted by Gasteiger charge is 2.20. The summed E-state index contributed by atoms with van der Waals surface area (Å²) >= 11 is 7.06. The molecule has 1 aromatic heterocycles. The van der Waals surface area contributed by atoms with Crippen LogP contribution in [0.3, 0.4) is 0 Å². The third kappa shape index (κ3) is 2.59. The van der Waals surface area contributed by atoms with Gasteiger partial charge in [-0.25, -0.2) is 0 Å². The van der Waals surface area contributed by atoms with Gasteiger partial charge in [-0.15, -0.1) is 0 Å². The lowest BCUT2D eigenvalue weighted by molar-refractivity contribution is -0.392. The highest BCUT2D eigenvalue weighted by molar-refractivity contribution is 7.99. The van der Waals surface area contributed by atoms with E-state index in [4.69, 9.17) is 11.6 Å². The van der Waals surface area contributed by atoms with Gasteiger partial charge in [0, 0.05) is 17.0 Å². The Morgan fingerprint density at radius 1 is 1.41 bits per heavy atom. The number of aromatic nitrogens is 2. The SMILES string of the molecule is Cn1cnc([N+](=O)[O-])c1Sc1ccc(Cl)cc1. The average molecular weight is 270 g/mol. The Balaban J connectivity index is 2.32. The van der Waals surface area contributed by atoms with Gasteiger partial charge < -0.3 is 14.7 Å². The minimum absolute atomic E-state index is 0.132. The molecule has 7 heteroatoms. The summed E-state index contributed by atoms with van der Waals surface area (Å²) in [6.07, 6.45) is 1.43. The summed E-state index contributed by atoms with van der Waals surface area (Å²) in [5.74, 6) is -0.132. The number of nitrogens with zero attached hydrogens (tertiary/aromatic N) is 3. The number of rotatable bonds is 3. The fraction of sp³-hybridized carbons (Fsp3) is 0.100. The van der Waals surface area contributed by atoms with Gasteiger partial charge in [-0.2, -0.15) is 0 Å². The number of benzene rings is 1. The first kappa shape index (κ1) is 11.9. The van der Waals surface area contributed by atoms with Gasteiger partial charge in [-0.1, -0.05) is 23.4 Å². The van der Waals surface area contributed by atoms with Crippen molar-refractivity contribution in [3.8, 4) is 0 Å². The van der Waals surface area contributed by atoms with Crippen LogP contribution in [0, 0.1) is 10.1 Å². The Labute approximate surface area is 107 Å². The number of hydrogen-bond acceptors (Lipinski definition) is 4. The highest BCUT2D eigenvalue weighted by Crippen LogP contribution is 2.33. The third-order valence-corrected chi connectivity index (χ3v) is 3.49. The van der Waals surface area contributed by atoms with E-state index in [0.717, 1.165) is 4.90 Å². The molecule has 1 heterocycles. The fourth-order valence-corrected chi connectivity index (χ4v) is 2.29. The molecule has 2 aromatic rings. The first-order chi connectivity index (χ1) is 8.08. The van der Waals surface area contributed by atoms with Gasteiger partial charge in [0.15, 0.2) is 5.03 Å². The van der Waals surface area contributed by atoms with Crippen molar-refractivity contribution in [2.24, 2.45) is 7.05 Å². The molecule has 0 aliphatic rings. The van der Waals surface area contributed by atoms with Crippen LogP contribution in [0.5, 0.6) is 0 Å². The number of nitro groups is 1. The zero-order valence-corrected chi connectivity index (χ0v) is 10.4. The second-order valence-electron chi connectivity index (χ2n) is 3.30. The minimum atomic E-state index is -0.488. The Bertz CT molecular complexity index is 553. The normalized spacial score (nSPS) is 10.5. The van der Waals surface area contributed by atoms with E-state index < -0.39 is 4.92 Å². The number of imidazole rings is 1. The van der Waals surface area contributed by atoms with Crippen molar-refractivity contribution in [3.05, 3.63) is 45.7 Å². The van der Waals surface area contributed by atoms with Crippen LogP contribution in [0.15, 0.2) is 40.5 Å². The van der Waals surface area contributed by atoms with E-state index >= 15 is 0 Å². The van der Waals surface area contributed by atoms with Crippen LogP contribution < -0.4 is 0 Å². The van der Waals surface area contributed by atoms with E-state index in [1.807, 2.05) is 12.1 Å². The molecule has 0 atom stereocenters. The van der Waals surface area contributed by atoms with Crippen LogP contribution in [0.25, 0.3) is 0 Å². The molecular weight excluding hydrogens is 262 g/mol. The van der Waals surface area contributed by atoms with Crippen LogP contribution in [-0.2, 0) is 7.05 Å². The molecule has 0 bridgehead atoms. The molecule has 0 unspecified atom stereocenters. The molecule has 0 N–H and O–H groups in total. The quantitative estimate of drug-likeness (QED) is 0.634. The summed E-state index contributed by atoms with van der Waals surface area (Å²) < 4.78 is 1.62. The van der Waals surface area contributed by atoms with Gasteiger partial charge in [-0.05, 0) is 34.2 Å². The zero-order valence-electron chi connectivity index (χ0n) is 8.83. The van der Waals surface area contributed by atoms with Gasteiger partial charge in [0.1, 0.15) is 0 Å². The van der Waals surface area contributed by atoms with Crippen LogP contribution in [0.1, 0.15) is 0 Å². The summed E-state index contributed by atoms with van der Waals surface area (Å²) in [5, 5.41) is 11.9. The molecule has 1 aromatic carbocycles. The molecule has 0 fully saturated rings. The molecule has 0 radical (unpaired) electrons. The minimum Gasteiger partial charge on any atom is -0.358 e. The monoisotopic (exact) mass is 269 g/mol. The summed E-state index contributed by atoms with van der Waals surface area (Å²) in [6.45, 7) is 0. The molecule has 17 heavy (non-hydrogen) atoms. The molecule has 88 valence electrons. The highest BCUT2D eigenvalue weighted by atomic mass is 35.5. The van der Waals surface area contributed by atoms with E-state index in [9.17, 15) is 10.1 Å². The third-order valence-electron chi connectivity index (χ3n) is 2.07. The number of hydrogen-bond donors (Lipinski definition) is 0. The maximum atomic E-state index is 10.8. The molecule has 0 saturated heterocycles. The van der Waals surface area contributed by atoms with Crippen molar-refractivity contribution >= 4 is 29.2 Å². The maximum absolute atomic E-state index is 10.8. The predicted molar refractivity (Wildman–Crippen MR) is 65.4 cm³/mol. The molecular formula is C10H8ClN3O2S. The summed E-state index contributed by atoms with van der Waals surface area (Å²) in [4.78, 5) is 14.9. The Kier molecular flexibility index (Phi) is 3.35. The van der Waals surface area contributed by atoms with Crippen LogP contribution >= 0.6 is 23.4 Å². The predicted octanol–water partition coefficient (Wildman–Crippen LogP) is 3.13. The van der Waals surface area contributed by atoms with Gasteiger partial charge in [0.2, 0.25) is 6.33 Å². The van der Waals surface area contributed by atoms with Gasteiger partial charge >= 0.3 is 5.82 Å². The van der Waals surface area contributed by atoms with Gasteiger partial charge in [-0.3, -0.25) is 0 Å². The summed E-state index contributed by atoms with van der Waals surface area (Å²) in [6, 6.07) is 7.10. The van der Waals surface area contributed by atoms with E-state index in [2.05, 4.69) is 4.98 Å². The molecule has 0 aliphatic heterocycles. The first-order valence-corrected chi connectivity index (χ1v) is 5.86. The Morgan fingerprint density at radius 2 is 2.06 bits per heavy atom. The second-order valence-corrected chi connectivity index (χ2v) is 4.80. The standard InChI is InChI=1S/C10H8ClN3O2S/c1-13-6-12-9(14(15)16)10(13)17-8-4-2-7(11)3-5-8/h2-6H,1H3. The smallest absolute Gasteiger partial charge is 0.358 e. The van der Waals surface area contributed by atoms with Crippen LogP contribution in [0.2, 0.25) is 5.02 Å². The maximum Gasteiger partial charge on any atom is 0.396 e. The molecule has 5 nitrogen and oxygen atoms in total. The van der Waals surface area contributed by atoms with Crippen molar-refractivity contribution in [1.82, 2.24) is 9.55 Å². The van der Waals surface area contributed by atoms with Crippen molar-refractivity contribution in [2.75, 3.05) is 0 Å². The Hall–Kier alpha value is -1.53. The van der Waals surface area contributed by atoms with Gasteiger partial charge in [0.05, 0.1) is 0 Å². The van der Waals surface area contributed by atoms with E-state index in [0.29, 0.717) is 10.0 Å². The van der Waals surface area contributed by atoms with Crippen molar-refractivity contribution < 1.29 is 4.92 Å². The number of halogens is 1. The summed E-state index contributed by atoms with van der Waals surface area (Å²) in [5.41, 5.74) is 0. The molecule has 0 saturated carbocycles. The molecule has 0 spiro atoms. The largest absolute Gasteiger partial charge is 0.396 e. The number of aryl methyl sites for hydroxylation is 1. The lowest BCUT2D eigenvalue weighted by atomic mass is 10.4. The van der Waals surface area contributed by atoms with Crippen molar-refractivity contribution in [2.45, 2.75) is 9.92 Å². The summed E-state index contributed by atoms with van der Waals surface area (Å²) in [7, 11) is 1.72. The van der Waals surface area contributed by atoms with Crippen LogP contribution in [0.4, 0.5) is 5.82 Å². The van der Waals surface area contributed by atoms with E-state index in [1.165, 1.54) is 18.1 Å². The molecule has 2 rings (SSSR count). The first-order valence-electron chi connectivity index (χ1n) is 4.67. The lowest BCUT2D eigenvalue weighted by Crippen LogP contribution is -1.93. The van der Waals surface area contributed by atoms with Gasteiger partial charge in [0.25, 0.3) is 0 Å². The van der Waals surface area contributed by atoms with Crippen molar-refractivity contribution in [1.29, 1.82) is 0 Å². The molecule has 0 amide bonds. The zero-order chi connectivity index (χ0) is 12.4. The van der Waals surface area contributed by atoms with E-state index in [1.54, 1.807) is 23.7 Å². The van der Waals surface area contributed by atoms with Crippen LogP contribution in [-0.4, -0.2) is 14.5 Å². The van der Waals surface area contributed by atoms with Crippen molar-refractivity contribution in [3.63, 3.8) is 0 Å². The lowest BCUT2D eigenvalue weighted by Gasteiger charge is -2.01. The average Bonchev–Trinajstić information content (AvgIpc) is 2.64. The van der Waals surface area contributed by atoms with E-state index in [-0.39, 0.29) is 5.82 Å². The fourth-order valence-electron chi connectivity index (χ4n) is 1.26.